The molecule has 3 nitrogen and oxygen atoms in total. The Balaban J connectivity index is 2.95. The van der Waals surface area contributed by atoms with Crippen LogP contribution in [0.2, 0.25) is 5.28 Å². The van der Waals surface area contributed by atoms with Crippen molar-refractivity contribution in [1.29, 1.82) is 0 Å². The van der Waals surface area contributed by atoms with E-state index in [0.717, 1.165) is 6.07 Å². The number of rotatable bonds is 3. The summed E-state index contributed by atoms with van der Waals surface area (Å²) in [6, 6.07) is 0.589. The first-order chi connectivity index (χ1) is 7.82. The van der Waals surface area contributed by atoms with Crippen LogP contribution in [0, 0.1) is 12.3 Å². The Morgan fingerprint density at radius 2 is 2.18 bits per heavy atom. The van der Waals surface area contributed by atoms with E-state index in [1.807, 2.05) is 0 Å². The summed E-state index contributed by atoms with van der Waals surface area (Å²) in [4.78, 5) is 6.75. The van der Waals surface area contributed by atoms with Crippen molar-refractivity contribution >= 4 is 17.4 Å². The third kappa shape index (κ3) is 4.11. The number of aromatic nitrogens is 2. The lowest BCUT2D eigenvalue weighted by Gasteiger charge is -2.13. The molecule has 17 heavy (non-hydrogen) atoms. The minimum atomic E-state index is -4.56. The molecule has 7 heteroatoms. The summed E-state index contributed by atoms with van der Waals surface area (Å²) < 4.78 is 37.3. The lowest BCUT2D eigenvalue weighted by molar-refractivity contribution is -0.141. The first kappa shape index (κ1) is 13.6. The Hall–Kier alpha value is -1.48. The summed E-state index contributed by atoms with van der Waals surface area (Å²) in [6.07, 6.45) is 0.890. The number of halogens is 4. The normalized spacial score (nSPS) is 12.9. The second-order valence-corrected chi connectivity index (χ2v) is 3.70. The number of terminal acetylenes is 1. The highest BCUT2D eigenvalue weighted by atomic mass is 35.5. The van der Waals surface area contributed by atoms with E-state index >= 15 is 0 Å². The molecule has 0 aliphatic rings. The molecule has 92 valence electrons. The van der Waals surface area contributed by atoms with Gasteiger partial charge < -0.3 is 5.32 Å². The van der Waals surface area contributed by atoms with Gasteiger partial charge in [0.25, 0.3) is 0 Å². The molecule has 0 amide bonds. The van der Waals surface area contributed by atoms with Gasteiger partial charge in [0.05, 0.1) is 0 Å². The number of hydrogen-bond acceptors (Lipinski definition) is 3. The molecule has 0 saturated carbocycles. The highest BCUT2D eigenvalue weighted by molar-refractivity contribution is 6.28. The van der Waals surface area contributed by atoms with Gasteiger partial charge in [-0.2, -0.15) is 13.2 Å². The van der Waals surface area contributed by atoms with Gasteiger partial charge in [-0.25, -0.2) is 9.97 Å². The molecule has 0 bridgehead atoms. The maximum atomic E-state index is 12.4. The van der Waals surface area contributed by atoms with Gasteiger partial charge in [0, 0.05) is 18.5 Å². The van der Waals surface area contributed by atoms with Crippen molar-refractivity contribution in [2.45, 2.75) is 25.6 Å². The van der Waals surface area contributed by atoms with Crippen LogP contribution >= 0.6 is 11.6 Å². The smallest absolute Gasteiger partial charge is 0.367 e. The van der Waals surface area contributed by atoms with Crippen LogP contribution in [0.3, 0.4) is 0 Å². The van der Waals surface area contributed by atoms with Crippen molar-refractivity contribution in [3.63, 3.8) is 0 Å². The van der Waals surface area contributed by atoms with Crippen molar-refractivity contribution in [1.82, 2.24) is 9.97 Å². The van der Waals surface area contributed by atoms with Crippen LogP contribution in [0.1, 0.15) is 19.0 Å². The van der Waals surface area contributed by atoms with Crippen LogP contribution in [0.4, 0.5) is 19.0 Å². The van der Waals surface area contributed by atoms with Crippen LogP contribution in [-0.4, -0.2) is 16.0 Å². The first-order valence-electron chi connectivity index (χ1n) is 4.64. The van der Waals surface area contributed by atoms with Crippen LogP contribution in [0.15, 0.2) is 6.07 Å². The Morgan fingerprint density at radius 1 is 1.53 bits per heavy atom. The Kier molecular flexibility index (Phi) is 4.18. The third-order valence-electron chi connectivity index (χ3n) is 1.81. The van der Waals surface area contributed by atoms with E-state index in [9.17, 15) is 13.2 Å². The van der Waals surface area contributed by atoms with E-state index in [0.29, 0.717) is 6.42 Å². The van der Waals surface area contributed by atoms with E-state index in [4.69, 9.17) is 18.0 Å². The van der Waals surface area contributed by atoms with Gasteiger partial charge in [-0.15, -0.1) is 12.3 Å². The predicted molar refractivity (Wildman–Crippen MR) is 58.6 cm³/mol. The van der Waals surface area contributed by atoms with Crippen molar-refractivity contribution < 1.29 is 13.2 Å². The molecule has 1 heterocycles. The second kappa shape index (κ2) is 5.23. The molecule has 0 saturated heterocycles. The first-order valence-corrected chi connectivity index (χ1v) is 5.02. The summed E-state index contributed by atoms with van der Waals surface area (Å²) in [6.45, 7) is 1.73. The molecule has 0 spiro atoms. The summed E-state index contributed by atoms with van der Waals surface area (Å²) >= 11 is 5.41. The standard InChI is InChI=1S/C10H9ClF3N3/c1-3-4-6(2)15-8-5-7(10(12,13)14)16-9(11)17-8/h1,5-6H,4H2,2H3,(H,15,16,17). The highest BCUT2D eigenvalue weighted by Gasteiger charge is 2.33. The molecule has 0 aromatic carbocycles. The van der Waals surface area contributed by atoms with Crippen LogP contribution in [-0.2, 0) is 6.18 Å². The van der Waals surface area contributed by atoms with E-state index in [1.165, 1.54) is 0 Å². The minimum absolute atomic E-state index is 0.0000694. The molecule has 1 unspecified atom stereocenters. The quantitative estimate of drug-likeness (QED) is 0.673. The highest BCUT2D eigenvalue weighted by Crippen LogP contribution is 2.29. The van der Waals surface area contributed by atoms with Gasteiger partial charge in [-0.05, 0) is 18.5 Å². The Bertz CT molecular complexity index is 439. The van der Waals surface area contributed by atoms with Gasteiger partial charge in [0.1, 0.15) is 5.82 Å². The molecular formula is C10H9ClF3N3. The SMILES string of the molecule is C#CCC(C)Nc1cc(C(F)(F)F)nc(Cl)n1. The van der Waals surface area contributed by atoms with Crippen LogP contribution in [0.25, 0.3) is 0 Å². The molecule has 1 atom stereocenters. The summed E-state index contributed by atoms with van der Waals surface area (Å²) in [7, 11) is 0. The zero-order valence-electron chi connectivity index (χ0n) is 8.85. The van der Waals surface area contributed by atoms with E-state index < -0.39 is 17.2 Å². The number of anilines is 1. The Labute approximate surface area is 101 Å². The van der Waals surface area contributed by atoms with Crippen molar-refractivity contribution in [3.05, 3.63) is 17.0 Å². The fourth-order valence-electron chi connectivity index (χ4n) is 1.12. The number of alkyl halides is 3. The lowest BCUT2D eigenvalue weighted by Crippen LogP contribution is -2.17. The molecule has 0 aliphatic carbocycles. The van der Waals surface area contributed by atoms with Gasteiger partial charge in [-0.3, -0.25) is 0 Å². The molecule has 1 aromatic rings. The van der Waals surface area contributed by atoms with Crippen molar-refractivity contribution in [2.24, 2.45) is 0 Å². The number of nitrogens with zero attached hydrogens (tertiary/aromatic N) is 2. The minimum Gasteiger partial charge on any atom is -0.367 e. The van der Waals surface area contributed by atoms with Crippen LogP contribution in [0.5, 0.6) is 0 Å². The Morgan fingerprint density at radius 3 is 2.71 bits per heavy atom. The van der Waals surface area contributed by atoms with Crippen molar-refractivity contribution in [2.75, 3.05) is 5.32 Å². The molecule has 1 rings (SSSR count). The summed E-state index contributed by atoms with van der Waals surface area (Å²) in [5.74, 6) is 2.39. The van der Waals surface area contributed by atoms with Crippen LogP contribution < -0.4 is 5.32 Å². The zero-order chi connectivity index (χ0) is 13.1. The lowest BCUT2D eigenvalue weighted by atomic mass is 10.2. The molecule has 0 fully saturated rings. The second-order valence-electron chi connectivity index (χ2n) is 3.36. The number of hydrogen-bond donors (Lipinski definition) is 1. The number of nitrogens with one attached hydrogen (secondary N) is 1. The predicted octanol–water partition coefficient (Wildman–Crippen LogP) is 2.97. The van der Waals surface area contributed by atoms with E-state index in [-0.39, 0.29) is 11.9 Å². The maximum absolute atomic E-state index is 12.4. The van der Waals surface area contributed by atoms with Gasteiger partial charge in [0.15, 0.2) is 5.69 Å². The maximum Gasteiger partial charge on any atom is 0.433 e. The topological polar surface area (TPSA) is 37.8 Å². The van der Waals surface area contributed by atoms with Gasteiger partial charge in [-0.1, -0.05) is 0 Å². The molecule has 0 radical (unpaired) electrons. The van der Waals surface area contributed by atoms with E-state index in [2.05, 4.69) is 21.2 Å². The molecule has 0 aliphatic heterocycles. The molecule has 1 N–H and O–H groups in total. The molecule has 1 aromatic heterocycles. The third-order valence-corrected chi connectivity index (χ3v) is 1.98. The average molecular weight is 264 g/mol. The zero-order valence-corrected chi connectivity index (χ0v) is 9.60. The fraction of sp³-hybridized carbons (Fsp3) is 0.400. The monoisotopic (exact) mass is 263 g/mol. The fourth-order valence-corrected chi connectivity index (χ4v) is 1.30. The molecular weight excluding hydrogens is 255 g/mol. The van der Waals surface area contributed by atoms with Gasteiger partial charge in [0.2, 0.25) is 5.28 Å². The van der Waals surface area contributed by atoms with Crippen molar-refractivity contribution in [3.8, 4) is 12.3 Å². The summed E-state index contributed by atoms with van der Waals surface area (Å²) in [5.41, 5.74) is -1.09. The average Bonchev–Trinajstić information content (AvgIpc) is 2.15. The van der Waals surface area contributed by atoms with Gasteiger partial charge >= 0.3 is 6.18 Å². The van der Waals surface area contributed by atoms with E-state index in [1.54, 1.807) is 6.92 Å². The largest absolute Gasteiger partial charge is 0.433 e. The summed E-state index contributed by atoms with van der Waals surface area (Å²) in [5, 5.41) is 2.26.